The highest BCUT2D eigenvalue weighted by molar-refractivity contribution is 6.30. The number of anilines is 1. The first-order chi connectivity index (χ1) is 12.6. The van der Waals surface area contributed by atoms with E-state index in [0.717, 1.165) is 29.5 Å². The zero-order valence-corrected chi connectivity index (χ0v) is 15.6. The molecule has 7 heteroatoms. The van der Waals surface area contributed by atoms with Crippen LogP contribution >= 0.6 is 11.6 Å². The van der Waals surface area contributed by atoms with Gasteiger partial charge in [-0.2, -0.15) is 0 Å². The van der Waals surface area contributed by atoms with Crippen LogP contribution in [-0.2, 0) is 17.7 Å². The highest BCUT2D eigenvalue weighted by Crippen LogP contribution is 2.10. The van der Waals surface area contributed by atoms with Crippen LogP contribution in [0.1, 0.15) is 11.1 Å². The quantitative estimate of drug-likeness (QED) is 0.535. The maximum Gasteiger partial charge on any atom is 0.411 e. The van der Waals surface area contributed by atoms with Crippen molar-refractivity contribution >= 4 is 29.3 Å². The summed E-state index contributed by atoms with van der Waals surface area (Å²) in [5, 5.41) is 9.90. The van der Waals surface area contributed by atoms with Gasteiger partial charge in [0.25, 0.3) is 0 Å². The van der Waals surface area contributed by atoms with E-state index in [0.29, 0.717) is 12.2 Å². The third-order valence-corrected chi connectivity index (χ3v) is 3.94. The Morgan fingerprint density at radius 3 is 2.31 bits per heavy atom. The van der Waals surface area contributed by atoms with Crippen LogP contribution in [0.15, 0.2) is 53.5 Å². The summed E-state index contributed by atoms with van der Waals surface area (Å²) in [4.78, 5) is 15.4. The van der Waals surface area contributed by atoms with Crippen molar-refractivity contribution in [2.24, 2.45) is 4.99 Å². The molecule has 6 nitrogen and oxygen atoms in total. The van der Waals surface area contributed by atoms with E-state index in [4.69, 9.17) is 11.6 Å². The Labute approximate surface area is 158 Å². The van der Waals surface area contributed by atoms with E-state index in [1.54, 1.807) is 7.05 Å². The molecule has 0 heterocycles. The van der Waals surface area contributed by atoms with Gasteiger partial charge in [-0.3, -0.25) is 10.3 Å². The Morgan fingerprint density at radius 2 is 1.69 bits per heavy atom. The van der Waals surface area contributed by atoms with Gasteiger partial charge in [0.1, 0.15) is 0 Å². The number of amides is 1. The van der Waals surface area contributed by atoms with Gasteiger partial charge < -0.3 is 15.4 Å². The molecule has 2 aromatic carbocycles. The molecule has 0 unspecified atom stereocenters. The SMILES string of the molecule is CN=C(NCCc1ccc(Cl)cc1)NCc1ccc(NC(=O)OC)cc1. The number of carbonyl (C=O) groups excluding carboxylic acids is 1. The molecular weight excluding hydrogens is 352 g/mol. The number of ether oxygens (including phenoxy) is 1. The molecule has 0 aliphatic rings. The molecule has 0 atom stereocenters. The Kier molecular flexibility index (Phi) is 7.76. The Bertz CT molecular complexity index is 730. The summed E-state index contributed by atoms with van der Waals surface area (Å²) >= 11 is 5.89. The van der Waals surface area contributed by atoms with E-state index < -0.39 is 6.09 Å². The standard InChI is InChI=1S/C19H23ClN4O2/c1-21-18(22-12-11-14-3-7-16(20)8-4-14)23-13-15-5-9-17(10-6-15)24-19(25)26-2/h3-10H,11-13H2,1-2H3,(H,24,25)(H2,21,22,23). The summed E-state index contributed by atoms with van der Waals surface area (Å²) in [6.07, 6.45) is 0.396. The molecule has 2 aromatic rings. The Morgan fingerprint density at radius 1 is 1.04 bits per heavy atom. The van der Waals surface area contributed by atoms with Crippen LogP contribution in [0.2, 0.25) is 5.02 Å². The number of nitrogens with zero attached hydrogens (tertiary/aromatic N) is 1. The molecule has 26 heavy (non-hydrogen) atoms. The largest absolute Gasteiger partial charge is 0.453 e. The van der Waals surface area contributed by atoms with Crippen molar-refractivity contribution in [3.8, 4) is 0 Å². The van der Waals surface area contributed by atoms with E-state index in [-0.39, 0.29) is 0 Å². The lowest BCUT2D eigenvalue weighted by Crippen LogP contribution is -2.37. The Balaban J connectivity index is 1.75. The fraction of sp³-hybridized carbons (Fsp3) is 0.263. The van der Waals surface area contributed by atoms with Crippen LogP contribution in [-0.4, -0.2) is 32.8 Å². The second-order valence-electron chi connectivity index (χ2n) is 5.54. The summed E-state index contributed by atoms with van der Waals surface area (Å²) in [6, 6.07) is 15.3. The number of methoxy groups -OCH3 is 1. The number of hydrogen-bond acceptors (Lipinski definition) is 3. The van der Waals surface area contributed by atoms with Crippen molar-refractivity contribution in [3.63, 3.8) is 0 Å². The zero-order chi connectivity index (χ0) is 18.8. The lowest BCUT2D eigenvalue weighted by atomic mass is 10.1. The monoisotopic (exact) mass is 374 g/mol. The number of guanidine groups is 1. The van der Waals surface area contributed by atoms with Crippen molar-refractivity contribution in [2.75, 3.05) is 26.0 Å². The van der Waals surface area contributed by atoms with E-state index >= 15 is 0 Å². The van der Waals surface area contributed by atoms with Crippen molar-refractivity contribution in [1.82, 2.24) is 10.6 Å². The molecule has 138 valence electrons. The van der Waals surface area contributed by atoms with Gasteiger partial charge in [-0.05, 0) is 41.8 Å². The van der Waals surface area contributed by atoms with Crippen molar-refractivity contribution in [2.45, 2.75) is 13.0 Å². The number of halogens is 1. The van der Waals surface area contributed by atoms with Gasteiger partial charge in [0, 0.05) is 30.8 Å². The van der Waals surface area contributed by atoms with Crippen molar-refractivity contribution in [3.05, 3.63) is 64.7 Å². The number of hydrogen-bond donors (Lipinski definition) is 3. The minimum Gasteiger partial charge on any atom is -0.453 e. The molecule has 0 radical (unpaired) electrons. The van der Waals surface area contributed by atoms with Crippen LogP contribution in [0.3, 0.4) is 0 Å². The van der Waals surface area contributed by atoms with Crippen molar-refractivity contribution in [1.29, 1.82) is 0 Å². The molecule has 1 amide bonds. The number of rotatable bonds is 6. The number of nitrogens with one attached hydrogen (secondary N) is 3. The molecule has 0 spiro atoms. The van der Waals surface area contributed by atoms with Gasteiger partial charge in [0.05, 0.1) is 7.11 Å². The second kappa shape index (κ2) is 10.3. The smallest absolute Gasteiger partial charge is 0.411 e. The summed E-state index contributed by atoms with van der Waals surface area (Å²) in [5.41, 5.74) is 2.97. The minimum absolute atomic E-state index is 0.485. The van der Waals surface area contributed by atoms with Gasteiger partial charge in [-0.1, -0.05) is 35.9 Å². The molecule has 0 bridgehead atoms. The van der Waals surface area contributed by atoms with Gasteiger partial charge in [0.15, 0.2) is 5.96 Å². The molecule has 2 rings (SSSR count). The molecule has 0 aliphatic heterocycles. The highest BCUT2D eigenvalue weighted by Gasteiger charge is 2.02. The van der Waals surface area contributed by atoms with E-state index in [2.05, 4.69) is 25.7 Å². The van der Waals surface area contributed by atoms with Gasteiger partial charge in [-0.15, -0.1) is 0 Å². The number of carbonyl (C=O) groups is 1. The van der Waals surface area contributed by atoms with Crippen LogP contribution in [0.4, 0.5) is 10.5 Å². The zero-order valence-electron chi connectivity index (χ0n) is 14.9. The van der Waals surface area contributed by atoms with Crippen LogP contribution in [0.25, 0.3) is 0 Å². The van der Waals surface area contributed by atoms with Crippen LogP contribution in [0, 0.1) is 0 Å². The third-order valence-electron chi connectivity index (χ3n) is 3.69. The minimum atomic E-state index is -0.485. The fourth-order valence-electron chi connectivity index (χ4n) is 2.26. The fourth-order valence-corrected chi connectivity index (χ4v) is 2.38. The first kappa shape index (κ1) is 19.6. The van der Waals surface area contributed by atoms with E-state index in [1.807, 2.05) is 48.5 Å². The normalized spacial score (nSPS) is 11.0. The third kappa shape index (κ3) is 6.64. The summed E-state index contributed by atoms with van der Waals surface area (Å²) in [5.74, 6) is 0.732. The Hall–Kier alpha value is -2.73. The molecule has 0 saturated heterocycles. The van der Waals surface area contributed by atoms with Crippen LogP contribution < -0.4 is 16.0 Å². The molecule has 0 aliphatic carbocycles. The van der Waals surface area contributed by atoms with Gasteiger partial charge in [-0.25, -0.2) is 4.79 Å². The molecule has 3 N–H and O–H groups in total. The molecular formula is C19H23ClN4O2. The first-order valence-corrected chi connectivity index (χ1v) is 8.61. The summed E-state index contributed by atoms with van der Waals surface area (Å²) < 4.78 is 4.56. The number of benzene rings is 2. The van der Waals surface area contributed by atoms with Gasteiger partial charge in [0.2, 0.25) is 0 Å². The highest BCUT2D eigenvalue weighted by atomic mass is 35.5. The maximum absolute atomic E-state index is 11.2. The maximum atomic E-state index is 11.2. The van der Waals surface area contributed by atoms with Crippen LogP contribution in [0.5, 0.6) is 0 Å². The number of aliphatic imine (C=N–C) groups is 1. The average Bonchev–Trinajstić information content (AvgIpc) is 2.67. The van der Waals surface area contributed by atoms with E-state index in [1.165, 1.54) is 12.7 Å². The van der Waals surface area contributed by atoms with Crippen molar-refractivity contribution < 1.29 is 9.53 Å². The topological polar surface area (TPSA) is 74.8 Å². The summed E-state index contributed by atoms with van der Waals surface area (Å²) in [7, 11) is 3.07. The average molecular weight is 375 g/mol. The molecule has 0 saturated carbocycles. The lowest BCUT2D eigenvalue weighted by molar-refractivity contribution is 0.187. The lowest BCUT2D eigenvalue weighted by Gasteiger charge is -2.12. The predicted molar refractivity (Wildman–Crippen MR) is 106 cm³/mol. The van der Waals surface area contributed by atoms with Gasteiger partial charge >= 0.3 is 6.09 Å². The first-order valence-electron chi connectivity index (χ1n) is 8.23. The second-order valence-corrected chi connectivity index (χ2v) is 5.98. The summed E-state index contributed by atoms with van der Waals surface area (Å²) in [6.45, 7) is 1.39. The van der Waals surface area contributed by atoms with E-state index in [9.17, 15) is 4.79 Å². The molecule has 0 aromatic heterocycles. The predicted octanol–water partition coefficient (Wildman–Crippen LogP) is 3.43. The molecule has 0 fully saturated rings.